The fraction of sp³-hybridized carbons (Fsp3) is 0.750. The molecule has 1 rings (SSSR count). The van der Waals surface area contributed by atoms with Gasteiger partial charge < -0.3 is 20.5 Å². The van der Waals surface area contributed by atoms with Crippen molar-refractivity contribution in [3.63, 3.8) is 0 Å². The molecule has 0 atom stereocenters. The molecule has 1 aliphatic carbocycles. The maximum absolute atomic E-state index is 11.4. The highest BCUT2D eigenvalue weighted by molar-refractivity contribution is 5.79. The van der Waals surface area contributed by atoms with Gasteiger partial charge in [-0.1, -0.05) is 6.42 Å². The lowest BCUT2D eigenvalue weighted by atomic mass is 9.69. The Morgan fingerprint density at radius 1 is 1.26 bits per heavy atom. The van der Waals surface area contributed by atoms with Gasteiger partial charge in [0, 0.05) is 13.1 Å². The highest BCUT2D eigenvalue weighted by Crippen LogP contribution is 2.40. The topological polar surface area (TPSA) is 105 Å². The molecule has 0 heterocycles. The zero-order chi connectivity index (χ0) is 14.3. The molecule has 0 saturated heterocycles. The predicted molar refractivity (Wildman–Crippen MR) is 66.6 cm³/mol. The van der Waals surface area contributed by atoms with Crippen molar-refractivity contribution < 1.29 is 24.2 Å². The molecular weight excluding hydrogens is 252 g/mol. The van der Waals surface area contributed by atoms with Crippen molar-refractivity contribution in [3.05, 3.63) is 0 Å². The van der Waals surface area contributed by atoms with Crippen LogP contribution in [0.25, 0.3) is 0 Å². The summed E-state index contributed by atoms with van der Waals surface area (Å²) in [5, 5.41) is 14.1. The summed E-state index contributed by atoms with van der Waals surface area (Å²) < 4.78 is 4.71. The molecule has 3 N–H and O–H groups in total. The van der Waals surface area contributed by atoms with E-state index in [4.69, 9.17) is 9.84 Å². The van der Waals surface area contributed by atoms with Crippen LogP contribution < -0.4 is 10.6 Å². The zero-order valence-electron chi connectivity index (χ0n) is 11.0. The van der Waals surface area contributed by atoms with Gasteiger partial charge in [0.2, 0.25) is 0 Å². The van der Waals surface area contributed by atoms with Crippen LogP contribution in [0.1, 0.15) is 32.6 Å². The Bertz CT molecular complexity index is 352. The highest BCUT2D eigenvalue weighted by Gasteiger charge is 2.44. The molecule has 1 fully saturated rings. The van der Waals surface area contributed by atoms with Gasteiger partial charge in [-0.15, -0.1) is 0 Å². The van der Waals surface area contributed by atoms with Gasteiger partial charge in [-0.3, -0.25) is 9.59 Å². The Morgan fingerprint density at radius 2 is 1.95 bits per heavy atom. The molecule has 0 radical (unpaired) electrons. The number of urea groups is 1. The van der Waals surface area contributed by atoms with Crippen molar-refractivity contribution in [1.29, 1.82) is 0 Å². The molecule has 0 bridgehead atoms. The van der Waals surface area contributed by atoms with Crippen molar-refractivity contribution >= 4 is 18.0 Å². The zero-order valence-corrected chi connectivity index (χ0v) is 11.0. The number of aliphatic carboxylic acids is 1. The van der Waals surface area contributed by atoms with E-state index < -0.39 is 17.4 Å². The average Bonchev–Trinajstić information content (AvgIpc) is 2.27. The first-order chi connectivity index (χ1) is 9.00. The summed E-state index contributed by atoms with van der Waals surface area (Å²) in [6.45, 7) is 2.31. The minimum atomic E-state index is -0.870. The first-order valence-corrected chi connectivity index (χ1v) is 6.41. The van der Waals surface area contributed by atoms with Gasteiger partial charge in [0.05, 0.1) is 18.4 Å². The maximum Gasteiger partial charge on any atom is 0.314 e. The van der Waals surface area contributed by atoms with E-state index in [1.54, 1.807) is 6.92 Å². The van der Waals surface area contributed by atoms with E-state index >= 15 is 0 Å². The minimum Gasteiger partial charge on any atom is -0.481 e. The Balaban J connectivity index is 2.18. The number of rotatable bonds is 7. The van der Waals surface area contributed by atoms with Gasteiger partial charge in [0.1, 0.15) is 0 Å². The van der Waals surface area contributed by atoms with Crippen molar-refractivity contribution in [1.82, 2.24) is 10.6 Å². The molecule has 7 heteroatoms. The lowest BCUT2D eigenvalue weighted by Crippen LogP contribution is -2.49. The summed E-state index contributed by atoms with van der Waals surface area (Å²) in [6, 6.07) is -0.461. The standard InChI is InChI=1S/C12H20N2O5/c1-2-19-9(15)4-7-13-11(18)14-8-12(10(16)17)5-3-6-12/h2-8H2,1H3,(H,16,17)(H2,13,14,18). The molecule has 0 aromatic carbocycles. The second-order valence-electron chi connectivity index (χ2n) is 4.60. The van der Waals surface area contributed by atoms with Crippen molar-refractivity contribution in [2.24, 2.45) is 5.41 Å². The lowest BCUT2D eigenvalue weighted by Gasteiger charge is -2.37. The summed E-state index contributed by atoms with van der Waals surface area (Å²) >= 11 is 0. The van der Waals surface area contributed by atoms with E-state index in [9.17, 15) is 14.4 Å². The third-order valence-corrected chi connectivity index (χ3v) is 3.27. The number of carbonyl (C=O) groups is 3. The van der Waals surface area contributed by atoms with Crippen molar-refractivity contribution in [3.8, 4) is 0 Å². The molecule has 0 aliphatic heterocycles. The number of hydrogen-bond acceptors (Lipinski definition) is 4. The van der Waals surface area contributed by atoms with Gasteiger partial charge in [-0.2, -0.15) is 0 Å². The molecular formula is C12H20N2O5. The predicted octanol–water partition coefficient (Wildman–Crippen LogP) is 0.494. The molecule has 2 amide bonds. The van der Waals surface area contributed by atoms with Crippen molar-refractivity contribution in [2.45, 2.75) is 32.6 Å². The third-order valence-electron chi connectivity index (χ3n) is 3.27. The number of carboxylic acid groups (broad SMARTS) is 1. The second kappa shape index (κ2) is 6.96. The number of esters is 1. The van der Waals surface area contributed by atoms with Crippen molar-refractivity contribution in [2.75, 3.05) is 19.7 Å². The molecule has 19 heavy (non-hydrogen) atoms. The number of hydrogen-bond donors (Lipinski definition) is 3. The number of nitrogens with one attached hydrogen (secondary N) is 2. The quantitative estimate of drug-likeness (QED) is 0.585. The summed E-state index contributed by atoms with van der Waals surface area (Å²) in [5.74, 6) is -1.24. The monoisotopic (exact) mass is 272 g/mol. The molecule has 1 saturated carbocycles. The van der Waals surface area contributed by atoms with Crippen LogP contribution in [0.3, 0.4) is 0 Å². The van der Waals surface area contributed by atoms with Gasteiger partial charge in [0.25, 0.3) is 0 Å². The lowest BCUT2D eigenvalue weighted by molar-refractivity contribution is -0.153. The van der Waals surface area contributed by atoms with Gasteiger partial charge in [-0.25, -0.2) is 4.79 Å². The normalized spacial score (nSPS) is 16.1. The number of carbonyl (C=O) groups excluding carboxylic acids is 2. The molecule has 0 aromatic rings. The molecule has 0 aromatic heterocycles. The van der Waals surface area contributed by atoms with E-state index in [0.717, 1.165) is 6.42 Å². The minimum absolute atomic E-state index is 0.103. The van der Waals surface area contributed by atoms with E-state index in [0.29, 0.717) is 19.4 Å². The first kappa shape index (κ1) is 15.3. The van der Waals surface area contributed by atoms with Crippen LogP contribution in [0.4, 0.5) is 4.79 Å². The number of ether oxygens (including phenoxy) is 1. The van der Waals surface area contributed by atoms with Crippen LogP contribution >= 0.6 is 0 Å². The summed E-state index contributed by atoms with van der Waals surface area (Å²) in [6.07, 6.45) is 2.15. The summed E-state index contributed by atoms with van der Waals surface area (Å²) in [5.41, 5.74) is -0.807. The van der Waals surface area contributed by atoms with Crippen LogP contribution in [0.2, 0.25) is 0 Å². The van der Waals surface area contributed by atoms with E-state index in [1.165, 1.54) is 0 Å². The highest BCUT2D eigenvalue weighted by atomic mass is 16.5. The van der Waals surface area contributed by atoms with E-state index in [-0.39, 0.29) is 25.5 Å². The Labute approximate surface area is 111 Å². The fourth-order valence-electron chi connectivity index (χ4n) is 1.89. The average molecular weight is 272 g/mol. The summed E-state index contributed by atoms with van der Waals surface area (Å²) in [4.78, 5) is 33.5. The fourth-order valence-corrected chi connectivity index (χ4v) is 1.89. The maximum atomic E-state index is 11.4. The SMILES string of the molecule is CCOC(=O)CCNC(=O)NCC1(C(=O)O)CCC1. The Kier molecular flexibility index (Phi) is 5.59. The second-order valence-corrected chi connectivity index (χ2v) is 4.60. The number of amides is 2. The van der Waals surface area contributed by atoms with Crippen LogP contribution in [0.5, 0.6) is 0 Å². The van der Waals surface area contributed by atoms with Crippen LogP contribution in [0, 0.1) is 5.41 Å². The first-order valence-electron chi connectivity index (χ1n) is 6.41. The summed E-state index contributed by atoms with van der Waals surface area (Å²) in [7, 11) is 0. The van der Waals surface area contributed by atoms with Gasteiger partial charge >= 0.3 is 18.0 Å². The van der Waals surface area contributed by atoms with Crippen LogP contribution in [-0.2, 0) is 14.3 Å². The molecule has 1 aliphatic rings. The van der Waals surface area contributed by atoms with E-state index in [2.05, 4.69) is 10.6 Å². The molecule has 7 nitrogen and oxygen atoms in total. The third kappa shape index (κ3) is 4.42. The molecule has 0 unspecified atom stereocenters. The largest absolute Gasteiger partial charge is 0.481 e. The number of carboxylic acids is 1. The smallest absolute Gasteiger partial charge is 0.314 e. The van der Waals surface area contributed by atoms with Crippen LogP contribution in [0.15, 0.2) is 0 Å². The Hall–Kier alpha value is -1.79. The van der Waals surface area contributed by atoms with Gasteiger partial charge in [0.15, 0.2) is 0 Å². The molecule has 0 spiro atoms. The Morgan fingerprint density at radius 3 is 2.42 bits per heavy atom. The molecule has 108 valence electrons. The van der Waals surface area contributed by atoms with Gasteiger partial charge in [-0.05, 0) is 19.8 Å². The van der Waals surface area contributed by atoms with E-state index in [1.807, 2.05) is 0 Å². The van der Waals surface area contributed by atoms with Crippen LogP contribution in [-0.4, -0.2) is 42.8 Å².